The molecule has 24 heavy (non-hydrogen) atoms. The second-order valence-corrected chi connectivity index (χ2v) is 6.85. The Bertz CT molecular complexity index is 690. The molecular formula is C18H23N3O3. The second-order valence-electron chi connectivity index (χ2n) is 6.85. The van der Waals surface area contributed by atoms with E-state index in [0.717, 1.165) is 17.5 Å². The number of aryl methyl sites for hydroxylation is 2. The molecule has 0 aliphatic carbocycles. The Balaban J connectivity index is 1.69. The number of rotatable bonds is 2. The van der Waals surface area contributed by atoms with Crippen LogP contribution < -0.4 is 10.6 Å². The van der Waals surface area contributed by atoms with Crippen LogP contribution in [0.3, 0.4) is 0 Å². The van der Waals surface area contributed by atoms with E-state index < -0.39 is 0 Å². The average molecular weight is 329 g/mol. The highest BCUT2D eigenvalue weighted by Gasteiger charge is 2.38. The van der Waals surface area contributed by atoms with Gasteiger partial charge in [0.25, 0.3) is 0 Å². The number of fused-ring (bicyclic) bond motifs is 1. The number of hydrogen-bond donors (Lipinski definition) is 2. The number of nitrogens with zero attached hydrogens (tertiary/aromatic N) is 1. The Kier molecular flexibility index (Phi) is 4.30. The molecule has 0 spiro atoms. The summed E-state index contributed by atoms with van der Waals surface area (Å²) in [6, 6.07) is 3.56. The van der Waals surface area contributed by atoms with Gasteiger partial charge < -0.3 is 15.5 Å². The van der Waals surface area contributed by atoms with E-state index in [-0.39, 0.29) is 23.8 Å². The van der Waals surface area contributed by atoms with E-state index in [4.69, 9.17) is 0 Å². The van der Waals surface area contributed by atoms with Crippen molar-refractivity contribution < 1.29 is 14.4 Å². The lowest BCUT2D eigenvalue weighted by Gasteiger charge is -2.24. The SMILES string of the molecule is CC(=O)c1c(C)cc(NC(=O)N2CC3CCC(=O)NC3C2)cc1C. The van der Waals surface area contributed by atoms with Crippen molar-refractivity contribution in [2.75, 3.05) is 18.4 Å². The Hall–Kier alpha value is -2.37. The summed E-state index contributed by atoms with van der Waals surface area (Å²) in [5.74, 6) is 0.448. The van der Waals surface area contributed by atoms with Gasteiger partial charge in [-0.2, -0.15) is 0 Å². The fraction of sp³-hybridized carbons (Fsp3) is 0.500. The molecule has 3 amide bonds. The van der Waals surface area contributed by atoms with Crippen LogP contribution >= 0.6 is 0 Å². The molecule has 6 nitrogen and oxygen atoms in total. The van der Waals surface area contributed by atoms with Crippen LogP contribution in [0.15, 0.2) is 12.1 Å². The van der Waals surface area contributed by atoms with Gasteiger partial charge in [-0.3, -0.25) is 9.59 Å². The minimum atomic E-state index is -0.159. The van der Waals surface area contributed by atoms with Crippen molar-refractivity contribution in [3.8, 4) is 0 Å². The molecule has 1 aromatic rings. The standard InChI is InChI=1S/C18H23N3O3/c1-10-6-14(7-11(2)17(10)12(3)22)19-18(24)21-8-13-4-5-16(23)20-15(13)9-21/h6-7,13,15H,4-5,8-9H2,1-3H3,(H,19,24)(H,20,23). The molecule has 6 heteroatoms. The number of piperidine rings is 1. The quantitative estimate of drug-likeness (QED) is 0.817. The zero-order valence-corrected chi connectivity index (χ0v) is 14.3. The number of nitrogens with one attached hydrogen (secondary N) is 2. The molecular weight excluding hydrogens is 306 g/mol. The van der Waals surface area contributed by atoms with Crippen LogP contribution in [0, 0.1) is 19.8 Å². The molecule has 2 unspecified atom stereocenters. The van der Waals surface area contributed by atoms with Gasteiger partial charge in [0, 0.05) is 30.8 Å². The largest absolute Gasteiger partial charge is 0.351 e. The number of carbonyl (C=O) groups excluding carboxylic acids is 3. The first kappa shape index (κ1) is 16.5. The lowest BCUT2D eigenvalue weighted by atomic mass is 9.94. The van der Waals surface area contributed by atoms with Crippen LogP contribution in [0.25, 0.3) is 0 Å². The van der Waals surface area contributed by atoms with Gasteiger partial charge in [0.2, 0.25) is 5.91 Å². The highest BCUT2D eigenvalue weighted by atomic mass is 16.2. The van der Waals surface area contributed by atoms with Crippen molar-refractivity contribution in [2.24, 2.45) is 5.92 Å². The number of benzene rings is 1. The minimum absolute atomic E-state index is 0.0298. The van der Waals surface area contributed by atoms with Gasteiger partial charge >= 0.3 is 6.03 Å². The first-order valence-corrected chi connectivity index (χ1v) is 8.32. The van der Waals surface area contributed by atoms with Crippen LogP contribution in [0.4, 0.5) is 10.5 Å². The number of anilines is 1. The third kappa shape index (κ3) is 3.13. The van der Waals surface area contributed by atoms with Crippen molar-refractivity contribution in [3.05, 3.63) is 28.8 Å². The van der Waals surface area contributed by atoms with E-state index in [1.165, 1.54) is 0 Å². The topological polar surface area (TPSA) is 78.5 Å². The molecule has 2 atom stereocenters. The van der Waals surface area contributed by atoms with Crippen LogP contribution in [0.5, 0.6) is 0 Å². The third-order valence-corrected chi connectivity index (χ3v) is 4.95. The lowest BCUT2D eigenvalue weighted by molar-refractivity contribution is -0.123. The van der Waals surface area contributed by atoms with Crippen LogP contribution in [-0.4, -0.2) is 41.8 Å². The normalized spacial score (nSPS) is 22.8. The Morgan fingerprint density at radius 3 is 2.50 bits per heavy atom. The Morgan fingerprint density at radius 2 is 1.88 bits per heavy atom. The summed E-state index contributed by atoms with van der Waals surface area (Å²) < 4.78 is 0. The van der Waals surface area contributed by atoms with Crippen LogP contribution in [-0.2, 0) is 4.79 Å². The van der Waals surface area contributed by atoms with E-state index in [1.807, 2.05) is 26.0 Å². The smallest absolute Gasteiger partial charge is 0.321 e. The number of Topliss-reactive ketones (excluding diaryl/α,β-unsaturated/α-hetero) is 1. The van der Waals surface area contributed by atoms with Crippen LogP contribution in [0.1, 0.15) is 41.3 Å². The summed E-state index contributed by atoms with van der Waals surface area (Å²) in [5, 5.41) is 5.88. The van der Waals surface area contributed by atoms with Gasteiger partial charge in [0.15, 0.2) is 5.78 Å². The molecule has 0 saturated carbocycles. The molecule has 128 valence electrons. The molecule has 2 aliphatic heterocycles. The summed E-state index contributed by atoms with van der Waals surface area (Å²) in [5.41, 5.74) is 3.13. The second kappa shape index (κ2) is 6.26. The van der Waals surface area contributed by atoms with E-state index in [1.54, 1.807) is 11.8 Å². The van der Waals surface area contributed by atoms with E-state index in [2.05, 4.69) is 10.6 Å². The van der Waals surface area contributed by atoms with Crippen molar-refractivity contribution in [1.29, 1.82) is 0 Å². The van der Waals surface area contributed by atoms with Crippen molar-refractivity contribution in [1.82, 2.24) is 10.2 Å². The molecule has 1 aromatic carbocycles. The van der Waals surface area contributed by atoms with Crippen molar-refractivity contribution in [3.63, 3.8) is 0 Å². The number of likely N-dealkylation sites (tertiary alicyclic amines) is 1. The first-order chi connectivity index (χ1) is 11.3. The zero-order valence-electron chi connectivity index (χ0n) is 14.3. The fourth-order valence-electron chi connectivity index (χ4n) is 3.88. The van der Waals surface area contributed by atoms with Gasteiger partial charge in [0.05, 0.1) is 6.04 Å². The number of amides is 3. The third-order valence-electron chi connectivity index (χ3n) is 4.95. The number of ketones is 1. The van der Waals surface area contributed by atoms with Gasteiger partial charge in [-0.05, 0) is 56.4 Å². The summed E-state index contributed by atoms with van der Waals surface area (Å²) in [6.45, 7) is 6.51. The lowest BCUT2D eigenvalue weighted by Crippen LogP contribution is -2.44. The van der Waals surface area contributed by atoms with Gasteiger partial charge in [-0.15, -0.1) is 0 Å². The van der Waals surface area contributed by atoms with Crippen molar-refractivity contribution in [2.45, 2.75) is 39.7 Å². The average Bonchev–Trinajstić information content (AvgIpc) is 2.89. The number of hydrogen-bond acceptors (Lipinski definition) is 3. The van der Waals surface area contributed by atoms with E-state index in [0.29, 0.717) is 36.7 Å². The maximum atomic E-state index is 12.5. The van der Waals surface area contributed by atoms with Crippen LogP contribution in [0.2, 0.25) is 0 Å². The summed E-state index contributed by atoms with van der Waals surface area (Å²) in [6.07, 6.45) is 1.38. The Morgan fingerprint density at radius 1 is 1.21 bits per heavy atom. The molecule has 2 aliphatic rings. The molecule has 2 heterocycles. The first-order valence-electron chi connectivity index (χ1n) is 8.32. The molecule has 2 N–H and O–H groups in total. The monoisotopic (exact) mass is 329 g/mol. The number of carbonyl (C=O) groups is 3. The van der Waals surface area contributed by atoms with Gasteiger partial charge in [0.1, 0.15) is 0 Å². The zero-order chi connectivity index (χ0) is 17.4. The summed E-state index contributed by atoms with van der Waals surface area (Å²) in [4.78, 5) is 37.4. The highest BCUT2D eigenvalue weighted by Crippen LogP contribution is 2.26. The molecule has 0 aromatic heterocycles. The molecule has 0 radical (unpaired) electrons. The summed E-state index contributed by atoms with van der Waals surface area (Å²) >= 11 is 0. The van der Waals surface area contributed by atoms with E-state index >= 15 is 0 Å². The highest BCUT2D eigenvalue weighted by molar-refractivity contribution is 5.98. The maximum Gasteiger partial charge on any atom is 0.321 e. The molecule has 3 rings (SSSR count). The van der Waals surface area contributed by atoms with Gasteiger partial charge in [-0.1, -0.05) is 0 Å². The maximum absolute atomic E-state index is 12.5. The van der Waals surface area contributed by atoms with E-state index in [9.17, 15) is 14.4 Å². The molecule has 0 bridgehead atoms. The molecule has 2 fully saturated rings. The number of urea groups is 1. The fourth-order valence-corrected chi connectivity index (χ4v) is 3.88. The predicted octanol–water partition coefficient (Wildman–Crippen LogP) is 2.25. The Labute approximate surface area is 141 Å². The predicted molar refractivity (Wildman–Crippen MR) is 91.2 cm³/mol. The molecule has 2 saturated heterocycles. The van der Waals surface area contributed by atoms with Gasteiger partial charge in [-0.25, -0.2) is 4.79 Å². The summed E-state index contributed by atoms with van der Waals surface area (Å²) in [7, 11) is 0. The minimum Gasteiger partial charge on any atom is -0.351 e. The van der Waals surface area contributed by atoms with Crippen molar-refractivity contribution >= 4 is 23.4 Å².